The summed E-state index contributed by atoms with van der Waals surface area (Å²) in [6.07, 6.45) is 6.04. The van der Waals surface area contributed by atoms with Gasteiger partial charge in [-0.05, 0) is 73.9 Å². The second-order valence-electron chi connectivity index (χ2n) is 10.5. The first kappa shape index (κ1) is 31.7. The molecule has 0 heterocycles. The van der Waals surface area contributed by atoms with Crippen LogP contribution in [0.2, 0.25) is 10.0 Å². The number of halogens is 2. The van der Waals surface area contributed by atoms with Crippen molar-refractivity contribution in [3.05, 3.63) is 88.4 Å². The maximum absolute atomic E-state index is 13.8. The summed E-state index contributed by atoms with van der Waals surface area (Å²) in [7, 11) is -3.87. The normalized spacial score (nSPS) is 14.6. The van der Waals surface area contributed by atoms with Gasteiger partial charge in [0, 0.05) is 22.6 Å². The molecule has 1 saturated carbocycles. The second-order valence-corrected chi connectivity index (χ2v) is 13.2. The first-order valence-corrected chi connectivity index (χ1v) is 16.5. The molecule has 4 rings (SSSR count). The van der Waals surface area contributed by atoms with Crippen molar-refractivity contribution in [1.29, 1.82) is 0 Å². The van der Waals surface area contributed by atoms with E-state index in [2.05, 4.69) is 5.32 Å². The molecule has 8 nitrogen and oxygen atoms in total. The molecule has 0 saturated heterocycles. The topological polar surface area (TPSA) is 96.0 Å². The van der Waals surface area contributed by atoms with Crippen molar-refractivity contribution < 1.29 is 22.7 Å². The maximum atomic E-state index is 13.8. The molecule has 1 fully saturated rings. The van der Waals surface area contributed by atoms with Gasteiger partial charge in [0.1, 0.15) is 24.1 Å². The quantitative estimate of drug-likeness (QED) is 0.263. The second kappa shape index (κ2) is 14.3. The van der Waals surface area contributed by atoms with Crippen LogP contribution in [0, 0.1) is 0 Å². The molecule has 1 atom stereocenters. The Bertz CT molecular complexity index is 1480. The van der Waals surface area contributed by atoms with Gasteiger partial charge in [-0.15, -0.1) is 0 Å². The van der Waals surface area contributed by atoms with Crippen LogP contribution in [0.15, 0.2) is 72.8 Å². The molecule has 3 aromatic rings. The van der Waals surface area contributed by atoms with E-state index in [0.717, 1.165) is 42.7 Å². The van der Waals surface area contributed by atoms with Crippen LogP contribution in [0.5, 0.6) is 11.5 Å². The van der Waals surface area contributed by atoms with Gasteiger partial charge in [-0.2, -0.15) is 0 Å². The Morgan fingerprint density at radius 2 is 1.60 bits per heavy atom. The number of para-hydroxylation sites is 1. The van der Waals surface area contributed by atoms with E-state index in [9.17, 15) is 18.0 Å². The Labute approximate surface area is 257 Å². The first-order valence-electron chi connectivity index (χ1n) is 13.9. The number of carbonyl (C=O) groups is 2. The van der Waals surface area contributed by atoms with Crippen molar-refractivity contribution in [2.45, 2.75) is 57.7 Å². The van der Waals surface area contributed by atoms with E-state index in [-0.39, 0.29) is 24.2 Å². The van der Waals surface area contributed by atoms with Crippen molar-refractivity contribution in [1.82, 2.24) is 10.2 Å². The van der Waals surface area contributed by atoms with Gasteiger partial charge < -0.3 is 15.0 Å². The van der Waals surface area contributed by atoms with Crippen LogP contribution in [0.4, 0.5) is 5.69 Å². The van der Waals surface area contributed by atoms with Gasteiger partial charge in [-0.1, -0.05) is 66.7 Å². The monoisotopic (exact) mass is 631 g/mol. The third kappa shape index (κ3) is 8.63. The molecule has 11 heteroatoms. The molecule has 224 valence electrons. The van der Waals surface area contributed by atoms with Crippen molar-refractivity contribution in [3.8, 4) is 11.5 Å². The lowest BCUT2D eigenvalue weighted by Gasteiger charge is -2.33. The number of carbonyl (C=O) groups excluding carboxylic acids is 2. The van der Waals surface area contributed by atoms with E-state index in [1.165, 1.54) is 4.90 Å². The van der Waals surface area contributed by atoms with E-state index in [0.29, 0.717) is 27.1 Å². The van der Waals surface area contributed by atoms with Crippen LogP contribution >= 0.6 is 23.2 Å². The Morgan fingerprint density at radius 1 is 0.952 bits per heavy atom. The average molecular weight is 633 g/mol. The van der Waals surface area contributed by atoms with Crippen LogP contribution in [0.1, 0.15) is 44.6 Å². The van der Waals surface area contributed by atoms with Gasteiger partial charge in [0.25, 0.3) is 0 Å². The Hall–Kier alpha value is -3.27. The van der Waals surface area contributed by atoms with E-state index in [4.69, 9.17) is 27.9 Å². The number of anilines is 1. The zero-order valence-corrected chi connectivity index (χ0v) is 26.0. The summed E-state index contributed by atoms with van der Waals surface area (Å²) in [5.41, 5.74) is 0.870. The summed E-state index contributed by atoms with van der Waals surface area (Å²) >= 11 is 12.5. The highest BCUT2D eigenvalue weighted by Gasteiger charge is 2.31. The Balaban J connectivity index is 1.57. The van der Waals surface area contributed by atoms with Crippen molar-refractivity contribution in [2.24, 2.45) is 0 Å². The minimum atomic E-state index is -3.87. The fourth-order valence-corrected chi connectivity index (χ4v) is 6.22. The third-order valence-corrected chi connectivity index (χ3v) is 8.98. The fraction of sp³-hybridized carbons (Fsp3) is 0.355. The first-order chi connectivity index (χ1) is 20.0. The predicted molar refractivity (Wildman–Crippen MR) is 167 cm³/mol. The van der Waals surface area contributed by atoms with Crippen LogP contribution in [-0.2, 0) is 26.2 Å². The standard InChI is InChI=1S/C31H35Cl2N3O5S/c1-22(31(38)34-25-9-5-3-6-10-25)35(20-23-13-14-24(32)19-29(23)33)30(37)21-36(42(2,39)40)26-15-17-28(18-16-26)41-27-11-7-4-8-12-27/h4,7-8,11-19,22,25H,3,5-6,9-10,20-21H2,1-2H3,(H,34,38)/t22-/m0/s1. The molecule has 0 unspecified atom stereocenters. The summed E-state index contributed by atoms with van der Waals surface area (Å²) in [6.45, 7) is 1.12. The van der Waals surface area contributed by atoms with E-state index >= 15 is 0 Å². The lowest BCUT2D eigenvalue weighted by Crippen LogP contribution is -2.53. The molecule has 1 aliphatic rings. The molecule has 0 aromatic heterocycles. The minimum Gasteiger partial charge on any atom is -0.457 e. The summed E-state index contributed by atoms with van der Waals surface area (Å²) < 4.78 is 32.6. The molecule has 0 spiro atoms. The van der Waals surface area contributed by atoms with Crippen LogP contribution in [-0.4, -0.2) is 50.0 Å². The molecule has 2 amide bonds. The van der Waals surface area contributed by atoms with Gasteiger partial charge in [-0.3, -0.25) is 13.9 Å². The molecule has 1 aliphatic carbocycles. The summed E-state index contributed by atoms with van der Waals surface area (Å²) in [4.78, 5) is 28.5. The van der Waals surface area contributed by atoms with Crippen LogP contribution in [0.25, 0.3) is 0 Å². The highest BCUT2D eigenvalue weighted by atomic mass is 35.5. The minimum absolute atomic E-state index is 0.00442. The van der Waals surface area contributed by atoms with E-state index < -0.39 is 28.5 Å². The maximum Gasteiger partial charge on any atom is 0.244 e. The average Bonchev–Trinajstić information content (AvgIpc) is 2.96. The Kier molecular flexibility index (Phi) is 10.8. The number of nitrogens with zero attached hydrogens (tertiary/aromatic N) is 2. The largest absolute Gasteiger partial charge is 0.457 e. The number of rotatable bonds is 11. The smallest absolute Gasteiger partial charge is 0.244 e. The molecule has 0 radical (unpaired) electrons. The number of amides is 2. The number of hydrogen-bond donors (Lipinski definition) is 1. The van der Waals surface area contributed by atoms with E-state index in [1.54, 1.807) is 49.4 Å². The summed E-state index contributed by atoms with van der Waals surface area (Å²) in [5.74, 6) is 0.296. The van der Waals surface area contributed by atoms with Crippen molar-refractivity contribution in [3.63, 3.8) is 0 Å². The number of sulfonamides is 1. The van der Waals surface area contributed by atoms with Crippen LogP contribution < -0.4 is 14.4 Å². The molecular weight excluding hydrogens is 597 g/mol. The number of ether oxygens (including phenoxy) is 1. The zero-order valence-electron chi connectivity index (χ0n) is 23.6. The molecule has 3 aromatic carbocycles. The van der Waals surface area contributed by atoms with Gasteiger partial charge >= 0.3 is 0 Å². The van der Waals surface area contributed by atoms with Gasteiger partial charge in [-0.25, -0.2) is 8.42 Å². The molecule has 1 N–H and O–H groups in total. The number of hydrogen-bond acceptors (Lipinski definition) is 5. The highest BCUT2D eigenvalue weighted by molar-refractivity contribution is 7.92. The molecule has 0 aliphatic heterocycles. The number of nitrogens with one attached hydrogen (secondary N) is 1. The third-order valence-electron chi connectivity index (χ3n) is 7.26. The zero-order chi connectivity index (χ0) is 30.3. The lowest BCUT2D eigenvalue weighted by atomic mass is 9.95. The fourth-order valence-electron chi connectivity index (χ4n) is 4.90. The van der Waals surface area contributed by atoms with Crippen LogP contribution in [0.3, 0.4) is 0 Å². The molecule has 42 heavy (non-hydrogen) atoms. The summed E-state index contributed by atoms with van der Waals surface area (Å²) in [6, 6.07) is 19.7. The molecule has 0 bridgehead atoms. The van der Waals surface area contributed by atoms with Gasteiger partial charge in [0.05, 0.1) is 11.9 Å². The number of benzene rings is 3. The highest BCUT2D eigenvalue weighted by Crippen LogP contribution is 2.27. The van der Waals surface area contributed by atoms with Gasteiger partial charge in [0.15, 0.2) is 0 Å². The Morgan fingerprint density at radius 3 is 2.21 bits per heavy atom. The lowest BCUT2D eigenvalue weighted by molar-refractivity contribution is -0.139. The SMILES string of the molecule is C[C@@H](C(=O)NC1CCCCC1)N(Cc1ccc(Cl)cc1Cl)C(=O)CN(c1ccc(Oc2ccccc2)cc1)S(C)(=O)=O. The van der Waals surface area contributed by atoms with Gasteiger partial charge in [0.2, 0.25) is 21.8 Å². The summed E-state index contributed by atoms with van der Waals surface area (Å²) in [5, 5.41) is 3.85. The van der Waals surface area contributed by atoms with Crippen molar-refractivity contribution >= 4 is 50.7 Å². The predicted octanol–water partition coefficient (Wildman–Crippen LogP) is 6.42. The van der Waals surface area contributed by atoms with E-state index in [1.807, 2.05) is 30.3 Å². The molecular formula is C31H35Cl2N3O5S. The van der Waals surface area contributed by atoms with Crippen molar-refractivity contribution in [2.75, 3.05) is 17.1 Å².